The highest BCUT2D eigenvalue weighted by Gasteiger charge is 2.16. The molecule has 0 bridgehead atoms. The molecule has 0 aliphatic heterocycles. The second-order valence-corrected chi connectivity index (χ2v) is 8.05. The monoisotopic (exact) mass is 406 g/mol. The van der Waals surface area contributed by atoms with Gasteiger partial charge in [-0.25, -0.2) is 0 Å². The average molecular weight is 407 g/mol. The minimum Gasteiger partial charge on any atom is -0.339 e. The second kappa shape index (κ2) is 9.00. The van der Waals surface area contributed by atoms with Crippen LogP contribution in [-0.4, -0.2) is 29.9 Å². The van der Waals surface area contributed by atoms with Gasteiger partial charge in [0.05, 0.1) is 12.3 Å². The quantitative estimate of drug-likeness (QED) is 0.404. The Hall–Kier alpha value is -3.00. The largest absolute Gasteiger partial charge is 0.339 e. The van der Waals surface area contributed by atoms with Crippen LogP contribution in [0.15, 0.2) is 64.5 Å². The van der Waals surface area contributed by atoms with Crippen LogP contribution in [0.25, 0.3) is 11.4 Å². The molecule has 0 radical (unpaired) electrons. The molecule has 3 heterocycles. The third-order valence-corrected chi connectivity index (χ3v) is 5.21. The molecule has 4 rings (SSSR count). The van der Waals surface area contributed by atoms with E-state index in [4.69, 9.17) is 4.52 Å². The number of hydrogen-bond acceptors (Lipinski definition) is 7. The minimum atomic E-state index is 0.479. The molecule has 0 N–H and O–H groups in total. The zero-order valence-electron chi connectivity index (χ0n) is 16.4. The molecule has 3 aromatic heterocycles. The second-order valence-electron chi connectivity index (χ2n) is 7.11. The number of benzene rings is 1. The van der Waals surface area contributed by atoms with Gasteiger partial charge in [0.25, 0.3) is 0 Å². The maximum absolute atomic E-state index is 5.34. The van der Waals surface area contributed by atoms with Crippen LogP contribution in [0.2, 0.25) is 0 Å². The Morgan fingerprint density at radius 1 is 1.07 bits per heavy atom. The fourth-order valence-electron chi connectivity index (χ4n) is 2.92. The first kappa shape index (κ1) is 19.3. The van der Waals surface area contributed by atoms with Crippen molar-refractivity contribution in [2.24, 2.45) is 5.92 Å². The molecule has 4 aromatic rings. The molecule has 29 heavy (non-hydrogen) atoms. The molecule has 8 heteroatoms. The van der Waals surface area contributed by atoms with Gasteiger partial charge in [-0.05, 0) is 23.6 Å². The van der Waals surface area contributed by atoms with Crippen molar-refractivity contribution in [1.29, 1.82) is 0 Å². The molecular weight excluding hydrogens is 384 g/mol. The van der Waals surface area contributed by atoms with Gasteiger partial charge in [0.15, 0.2) is 16.8 Å². The van der Waals surface area contributed by atoms with E-state index in [1.165, 1.54) is 5.56 Å². The van der Waals surface area contributed by atoms with Crippen LogP contribution < -0.4 is 0 Å². The summed E-state index contributed by atoms with van der Waals surface area (Å²) < 4.78 is 7.44. The van der Waals surface area contributed by atoms with E-state index in [2.05, 4.69) is 55.9 Å². The summed E-state index contributed by atoms with van der Waals surface area (Å²) in [6, 6.07) is 14.2. The van der Waals surface area contributed by atoms with E-state index in [0.29, 0.717) is 29.9 Å². The van der Waals surface area contributed by atoms with Gasteiger partial charge in [0.2, 0.25) is 5.89 Å². The van der Waals surface area contributed by atoms with Crippen molar-refractivity contribution in [2.45, 2.75) is 37.7 Å². The summed E-state index contributed by atoms with van der Waals surface area (Å²) >= 11 is 1.55. The Labute approximate surface area is 173 Å². The predicted molar refractivity (Wildman–Crippen MR) is 111 cm³/mol. The fraction of sp³-hybridized carbons (Fsp3) is 0.286. The molecular formula is C21H22N6OS. The van der Waals surface area contributed by atoms with Crippen LogP contribution >= 0.6 is 11.8 Å². The maximum atomic E-state index is 5.34. The van der Waals surface area contributed by atoms with Crippen LogP contribution in [0.3, 0.4) is 0 Å². The number of nitrogens with zero attached hydrogens (tertiary/aromatic N) is 6. The smallest absolute Gasteiger partial charge is 0.226 e. The summed E-state index contributed by atoms with van der Waals surface area (Å²) in [7, 11) is 0. The lowest BCUT2D eigenvalue weighted by molar-refractivity contribution is 0.360. The van der Waals surface area contributed by atoms with E-state index in [1.54, 1.807) is 24.2 Å². The zero-order valence-corrected chi connectivity index (χ0v) is 17.2. The molecule has 0 aliphatic carbocycles. The summed E-state index contributed by atoms with van der Waals surface area (Å²) in [5.41, 5.74) is 2.11. The first-order valence-corrected chi connectivity index (χ1v) is 10.5. The van der Waals surface area contributed by atoms with E-state index in [0.717, 1.165) is 23.0 Å². The molecule has 0 unspecified atom stereocenters. The van der Waals surface area contributed by atoms with Gasteiger partial charge >= 0.3 is 0 Å². The fourth-order valence-corrected chi connectivity index (χ4v) is 3.70. The Bertz CT molecular complexity index is 1050. The van der Waals surface area contributed by atoms with Crippen LogP contribution in [0.1, 0.15) is 31.1 Å². The molecule has 148 valence electrons. The summed E-state index contributed by atoms with van der Waals surface area (Å²) in [6.07, 6.45) is 4.34. The summed E-state index contributed by atoms with van der Waals surface area (Å²) in [5.74, 6) is 3.19. The molecule has 1 aromatic carbocycles. The van der Waals surface area contributed by atoms with Crippen LogP contribution in [-0.2, 0) is 18.7 Å². The Balaban J connectivity index is 1.57. The van der Waals surface area contributed by atoms with Gasteiger partial charge in [0.1, 0.15) is 0 Å². The lowest BCUT2D eigenvalue weighted by atomic mass is 10.1. The molecule has 0 atom stereocenters. The van der Waals surface area contributed by atoms with Crippen molar-refractivity contribution in [3.8, 4) is 11.4 Å². The summed E-state index contributed by atoms with van der Waals surface area (Å²) in [5, 5.41) is 13.7. The molecule has 0 spiro atoms. The van der Waals surface area contributed by atoms with Crippen molar-refractivity contribution in [1.82, 2.24) is 29.9 Å². The van der Waals surface area contributed by atoms with Crippen molar-refractivity contribution in [2.75, 3.05) is 0 Å². The summed E-state index contributed by atoms with van der Waals surface area (Å²) in [4.78, 5) is 8.70. The highest BCUT2D eigenvalue weighted by Crippen LogP contribution is 2.26. The Morgan fingerprint density at radius 2 is 1.93 bits per heavy atom. The summed E-state index contributed by atoms with van der Waals surface area (Å²) in [6.45, 7) is 4.93. The van der Waals surface area contributed by atoms with E-state index in [1.807, 2.05) is 30.3 Å². The van der Waals surface area contributed by atoms with Crippen LogP contribution in [0.5, 0.6) is 0 Å². The first-order chi connectivity index (χ1) is 14.2. The van der Waals surface area contributed by atoms with Gasteiger partial charge < -0.3 is 4.52 Å². The molecule has 0 amide bonds. The average Bonchev–Trinajstić information content (AvgIpc) is 3.34. The van der Waals surface area contributed by atoms with Crippen molar-refractivity contribution >= 4 is 11.8 Å². The molecule has 0 saturated carbocycles. The van der Waals surface area contributed by atoms with Crippen molar-refractivity contribution in [3.63, 3.8) is 0 Å². The van der Waals surface area contributed by atoms with Gasteiger partial charge in [-0.15, -0.1) is 10.2 Å². The Kier molecular flexibility index (Phi) is 6.00. The van der Waals surface area contributed by atoms with Gasteiger partial charge in [-0.1, -0.05) is 61.1 Å². The van der Waals surface area contributed by atoms with E-state index < -0.39 is 0 Å². The van der Waals surface area contributed by atoms with Gasteiger partial charge in [-0.2, -0.15) is 4.98 Å². The number of aromatic nitrogens is 6. The first-order valence-electron chi connectivity index (χ1n) is 9.51. The standard InChI is InChI=1S/C21H22N6OS/c1-15(2)11-19-23-18(26-28-19)14-29-21-25-24-20(17-9-6-10-22-12-17)27(21)13-16-7-4-3-5-8-16/h3-10,12,15H,11,13-14H2,1-2H3. The number of thioether (sulfide) groups is 1. The number of pyridine rings is 1. The Morgan fingerprint density at radius 3 is 2.69 bits per heavy atom. The molecule has 0 aliphatic rings. The van der Waals surface area contributed by atoms with Gasteiger partial charge in [0, 0.05) is 24.4 Å². The highest BCUT2D eigenvalue weighted by atomic mass is 32.2. The number of hydrogen-bond donors (Lipinski definition) is 0. The lowest BCUT2D eigenvalue weighted by Crippen LogP contribution is -2.04. The molecule has 7 nitrogen and oxygen atoms in total. The highest BCUT2D eigenvalue weighted by molar-refractivity contribution is 7.98. The topological polar surface area (TPSA) is 82.5 Å². The third-order valence-electron chi connectivity index (χ3n) is 4.24. The number of rotatable bonds is 8. The predicted octanol–water partition coefficient (Wildman–Crippen LogP) is 4.26. The van der Waals surface area contributed by atoms with Crippen molar-refractivity contribution < 1.29 is 4.52 Å². The molecule has 0 saturated heterocycles. The van der Waals surface area contributed by atoms with Crippen LogP contribution in [0, 0.1) is 5.92 Å². The van der Waals surface area contributed by atoms with E-state index in [-0.39, 0.29) is 0 Å². The van der Waals surface area contributed by atoms with Crippen molar-refractivity contribution in [3.05, 3.63) is 72.1 Å². The lowest BCUT2D eigenvalue weighted by Gasteiger charge is -2.10. The molecule has 0 fully saturated rings. The maximum Gasteiger partial charge on any atom is 0.226 e. The van der Waals surface area contributed by atoms with Crippen LogP contribution in [0.4, 0.5) is 0 Å². The normalized spacial score (nSPS) is 11.3. The van der Waals surface area contributed by atoms with Gasteiger partial charge in [-0.3, -0.25) is 9.55 Å². The SMILES string of the molecule is CC(C)Cc1nc(CSc2nnc(-c3cccnc3)n2Cc2ccccc2)no1. The van der Waals surface area contributed by atoms with E-state index >= 15 is 0 Å². The third kappa shape index (κ3) is 4.89. The van der Waals surface area contributed by atoms with E-state index in [9.17, 15) is 0 Å². The minimum absolute atomic E-state index is 0.479. The zero-order chi connectivity index (χ0) is 20.1.